The molecule has 4 nitrogen and oxygen atoms in total. The second-order valence-corrected chi connectivity index (χ2v) is 4.70. The Hall–Kier alpha value is -1.29. The first kappa shape index (κ1) is 11.2. The van der Waals surface area contributed by atoms with Crippen LogP contribution in [-0.4, -0.2) is 23.2 Å². The lowest BCUT2D eigenvalue weighted by molar-refractivity contribution is 0.253. The monoisotopic (exact) mass is 221 g/mol. The number of nitrogens with zero attached hydrogens (tertiary/aromatic N) is 1. The number of nitrogen functional groups attached to an aromatic ring is 1. The van der Waals surface area contributed by atoms with E-state index in [1.54, 1.807) is 0 Å². The highest BCUT2D eigenvalue weighted by atomic mass is 16.3. The minimum Gasteiger partial charge on any atom is -0.397 e. The summed E-state index contributed by atoms with van der Waals surface area (Å²) in [6, 6.07) is 3.77. The topological polar surface area (TPSA) is 71.2 Å². The van der Waals surface area contributed by atoms with E-state index in [2.05, 4.69) is 10.3 Å². The first-order valence-corrected chi connectivity index (χ1v) is 5.73. The summed E-state index contributed by atoms with van der Waals surface area (Å²) in [4.78, 5) is 4.37. The van der Waals surface area contributed by atoms with Crippen LogP contribution in [-0.2, 0) is 0 Å². The second-order valence-electron chi connectivity index (χ2n) is 4.70. The number of aliphatic hydroxyl groups excluding tert-OH is 1. The van der Waals surface area contributed by atoms with Crippen LogP contribution in [0.1, 0.15) is 25.0 Å². The molecule has 4 heteroatoms. The standard InChI is InChI=1S/C12H19N3O/c1-9-10(13)2-3-11(15-9)14-8-12(4-5-12)6-7-16/h2-3,16H,4-8,13H2,1H3,(H,14,15). The SMILES string of the molecule is Cc1nc(NCC2(CCO)CC2)ccc1N. The van der Waals surface area contributed by atoms with Crippen LogP contribution in [0.25, 0.3) is 0 Å². The Kier molecular flexibility index (Phi) is 3.01. The van der Waals surface area contributed by atoms with Gasteiger partial charge >= 0.3 is 0 Å². The zero-order valence-electron chi connectivity index (χ0n) is 9.66. The Balaban J connectivity index is 1.92. The first-order chi connectivity index (χ1) is 7.65. The minimum atomic E-state index is 0.274. The van der Waals surface area contributed by atoms with E-state index in [1.165, 1.54) is 12.8 Å². The van der Waals surface area contributed by atoms with Crippen LogP contribution in [0.4, 0.5) is 11.5 Å². The van der Waals surface area contributed by atoms with Gasteiger partial charge in [-0.05, 0) is 43.7 Å². The molecule has 0 bridgehead atoms. The molecule has 0 aliphatic heterocycles. The zero-order chi connectivity index (χ0) is 11.6. The summed E-state index contributed by atoms with van der Waals surface area (Å²) in [6.07, 6.45) is 3.29. The van der Waals surface area contributed by atoms with Crippen molar-refractivity contribution in [2.75, 3.05) is 24.2 Å². The second kappa shape index (κ2) is 4.29. The molecule has 1 aliphatic rings. The number of aliphatic hydroxyl groups is 1. The maximum absolute atomic E-state index is 8.96. The number of nitrogens with two attached hydrogens (primary N) is 1. The van der Waals surface area contributed by atoms with Crippen molar-refractivity contribution in [1.82, 2.24) is 4.98 Å². The van der Waals surface area contributed by atoms with E-state index in [4.69, 9.17) is 10.8 Å². The Morgan fingerprint density at radius 2 is 2.25 bits per heavy atom. The third kappa shape index (κ3) is 2.44. The molecule has 88 valence electrons. The third-order valence-corrected chi connectivity index (χ3v) is 3.37. The largest absolute Gasteiger partial charge is 0.397 e. The van der Waals surface area contributed by atoms with Crippen molar-refractivity contribution in [1.29, 1.82) is 0 Å². The molecule has 4 N–H and O–H groups in total. The predicted molar refractivity (Wildman–Crippen MR) is 65.2 cm³/mol. The van der Waals surface area contributed by atoms with Gasteiger partial charge in [-0.15, -0.1) is 0 Å². The van der Waals surface area contributed by atoms with Crippen LogP contribution in [0.3, 0.4) is 0 Å². The summed E-state index contributed by atoms with van der Waals surface area (Å²) in [5.41, 5.74) is 7.60. The van der Waals surface area contributed by atoms with Crippen LogP contribution in [0.5, 0.6) is 0 Å². The quantitative estimate of drug-likeness (QED) is 0.705. The molecule has 0 aromatic carbocycles. The van der Waals surface area contributed by atoms with Crippen molar-refractivity contribution in [3.05, 3.63) is 17.8 Å². The van der Waals surface area contributed by atoms with Crippen molar-refractivity contribution < 1.29 is 5.11 Å². The van der Waals surface area contributed by atoms with Gasteiger partial charge in [0.2, 0.25) is 0 Å². The van der Waals surface area contributed by atoms with Crippen molar-refractivity contribution >= 4 is 11.5 Å². The van der Waals surface area contributed by atoms with Crippen molar-refractivity contribution in [2.45, 2.75) is 26.2 Å². The van der Waals surface area contributed by atoms with E-state index in [0.29, 0.717) is 5.41 Å². The third-order valence-electron chi connectivity index (χ3n) is 3.37. The molecule has 1 fully saturated rings. The van der Waals surface area contributed by atoms with Crippen LogP contribution in [0.15, 0.2) is 12.1 Å². The number of hydrogen-bond acceptors (Lipinski definition) is 4. The van der Waals surface area contributed by atoms with Gasteiger partial charge in [0.25, 0.3) is 0 Å². The smallest absolute Gasteiger partial charge is 0.126 e. The van der Waals surface area contributed by atoms with Gasteiger partial charge in [-0.2, -0.15) is 0 Å². The number of anilines is 2. The van der Waals surface area contributed by atoms with Crippen LogP contribution in [0, 0.1) is 12.3 Å². The predicted octanol–water partition coefficient (Wildman–Crippen LogP) is 1.55. The summed E-state index contributed by atoms with van der Waals surface area (Å²) in [6.45, 7) is 3.07. The molecular weight excluding hydrogens is 202 g/mol. The molecule has 1 heterocycles. The van der Waals surface area contributed by atoms with E-state index >= 15 is 0 Å². The fourth-order valence-electron chi connectivity index (χ4n) is 1.88. The highest BCUT2D eigenvalue weighted by molar-refractivity contribution is 5.49. The molecule has 0 unspecified atom stereocenters. The van der Waals surface area contributed by atoms with Gasteiger partial charge < -0.3 is 16.2 Å². The summed E-state index contributed by atoms with van der Waals surface area (Å²) in [5, 5.41) is 12.3. The highest BCUT2D eigenvalue weighted by Crippen LogP contribution is 2.48. The summed E-state index contributed by atoms with van der Waals surface area (Å²) in [5.74, 6) is 0.871. The Morgan fingerprint density at radius 1 is 1.50 bits per heavy atom. The van der Waals surface area contributed by atoms with Crippen molar-refractivity contribution in [3.8, 4) is 0 Å². The van der Waals surface area contributed by atoms with E-state index in [1.807, 2.05) is 19.1 Å². The number of pyridine rings is 1. The van der Waals surface area contributed by atoms with Gasteiger partial charge in [-0.25, -0.2) is 4.98 Å². The Morgan fingerprint density at radius 3 is 2.81 bits per heavy atom. The molecule has 0 amide bonds. The first-order valence-electron chi connectivity index (χ1n) is 5.73. The molecule has 1 aliphatic carbocycles. The van der Waals surface area contributed by atoms with E-state index < -0.39 is 0 Å². The fraction of sp³-hybridized carbons (Fsp3) is 0.583. The zero-order valence-corrected chi connectivity index (χ0v) is 9.66. The lowest BCUT2D eigenvalue weighted by Gasteiger charge is -2.15. The molecule has 0 spiro atoms. The Bertz CT molecular complexity index is 375. The molecule has 2 rings (SSSR count). The van der Waals surface area contributed by atoms with Gasteiger partial charge in [0.1, 0.15) is 5.82 Å². The van der Waals surface area contributed by atoms with E-state index in [9.17, 15) is 0 Å². The summed E-state index contributed by atoms with van der Waals surface area (Å²) < 4.78 is 0. The number of aromatic nitrogens is 1. The van der Waals surface area contributed by atoms with Gasteiger partial charge in [-0.3, -0.25) is 0 Å². The molecular formula is C12H19N3O. The maximum atomic E-state index is 8.96. The van der Waals surface area contributed by atoms with E-state index in [-0.39, 0.29) is 6.61 Å². The Labute approximate surface area is 95.9 Å². The van der Waals surface area contributed by atoms with E-state index in [0.717, 1.165) is 30.2 Å². The van der Waals surface area contributed by atoms with Crippen LogP contribution >= 0.6 is 0 Å². The molecule has 0 saturated heterocycles. The maximum Gasteiger partial charge on any atom is 0.126 e. The fourth-order valence-corrected chi connectivity index (χ4v) is 1.88. The molecule has 1 saturated carbocycles. The van der Waals surface area contributed by atoms with Crippen LogP contribution in [0.2, 0.25) is 0 Å². The molecule has 1 aromatic rings. The highest BCUT2D eigenvalue weighted by Gasteiger charge is 2.41. The molecule has 0 radical (unpaired) electrons. The van der Waals surface area contributed by atoms with Crippen molar-refractivity contribution in [3.63, 3.8) is 0 Å². The van der Waals surface area contributed by atoms with Gasteiger partial charge in [0.15, 0.2) is 0 Å². The lowest BCUT2D eigenvalue weighted by Crippen LogP contribution is -2.17. The van der Waals surface area contributed by atoms with Gasteiger partial charge in [-0.1, -0.05) is 0 Å². The van der Waals surface area contributed by atoms with Gasteiger partial charge in [0, 0.05) is 13.2 Å². The average Bonchev–Trinajstić information content (AvgIpc) is 3.01. The van der Waals surface area contributed by atoms with Crippen LogP contribution < -0.4 is 11.1 Å². The summed E-state index contributed by atoms with van der Waals surface area (Å²) in [7, 11) is 0. The number of nitrogens with one attached hydrogen (secondary N) is 1. The molecule has 16 heavy (non-hydrogen) atoms. The number of rotatable bonds is 5. The normalized spacial score (nSPS) is 17.1. The van der Waals surface area contributed by atoms with Gasteiger partial charge in [0.05, 0.1) is 11.4 Å². The van der Waals surface area contributed by atoms with Crippen molar-refractivity contribution in [2.24, 2.45) is 5.41 Å². The molecule has 0 atom stereocenters. The lowest BCUT2D eigenvalue weighted by atomic mass is 10.0. The summed E-state index contributed by atoms with van der Waals surface area (Å²) >= 11 is 0. The average molecular weight is 221 g/mol. The minimum absolute atomic E-state index is 0.274. The number of aryl methyl sites for hydroxylation is 1. The number of hydrogen-bond donors (Lipinski definition) is 3. The molecule has 1 aromatic heterocycles.